The zero-order chi connectivity index (χ0) is 14.0. The SMILES string of the molecule is CN(C)C1(C(=O)O)CCN(c2ccc(Br)cc2)CC1. The summed E-state index contributed by atoms with van der Waals surface area (Å²) in [4.78, 5) is 15.6. The number of hydrogen-bond donors (Lipinski definition) is 1. The van der Waals surface area contributed by atoms with Crippen molar-refractivity contribution in [2.24, 2.45) is 0 Å². The highest BCUT2D eigenvalue weighted by molar-refractivity contribution is 9.10. The fourth-order valence-corrected chi connectivity index (χ4v) is 2.90. The molecular formula is C14H19BrN2O2. The molecule has 1 saturated heterocycles. The van der Waals surface area contributed by atoms with Gasteiger partial charge in [0.1, 0.15) is 5.54 Å². The van der Waals surface area contributed by atoms with E-state index in [0.717, 1.165) is 23.2 Å². The average Bonchev–Trinajstić information content (AvgIpc) is 2.39. The summed E-state index contributed by atoms with van der Waals surface area (Å²) in [5.41, 5.74) is 0.437. The standard InChI is InChI=1S/C14H19BrN2O2/c1-16(2)14(13(18)19)7-9-17(10-8-14)12-5-3-11(15)4-6-12/h3-6H,7-10H2,1-2H3,(H,18,19). The monoisotopic (exact) mass is 326 g/mol. The van der Waals surface area contributed by atoms with Crippen molar-refractivity contribution in [1.82, 2.24) is 4.90 Å². The first-order valence-corrected chi connectivity index (χ1v) is 7.16. The quantitative estimate of drug-likeness (QED) is 0.926. The van der Waals surface area contributed by atoms with Crippen LogP contribution in [0, 0.1) is 0 Å². The van der Waals surface area contributed by atoms with E-state index >= 15 is 0 Å². The Hall–Kier alpha value is -1.07. The van der Waals surface area contributed by atoms with Crippen molar-refractivity contribution in [3.63, 3.8) is 0 Å². The summed E-state index contributed by atoms with van der Waals surface area (Å²) in [6.07, 6.45) is 1.29. The van der Waals surface area contributed by atoms with Crippen molar-refractivity contribution in [2.45, 2.75) is 18.4 Å². The molecule has 1 N–H and O–H groups in total. The number of benzene rings is 1. The Morgan fingerprint density at radius 3 is 2.21 bits per heavy atom. The summed E-state index contributed by atoms with van der Waals surface area (Å²) in [6, 6.07) is 8.15. The van der Waals surface area contributed by atoms with Gasteiger partial charge in [-0.05, 0) is 51.2 Å². The van der Waals surface area contributed by atoms with Gasteiger partial charge in [-0.15, -0.1) is 0 Å². The number of carboxylic acids is 1. The number of likely N-dealkylation sites (N-methyl/N-ethyl adjacent to an activating group) is 1. The van der Waals surface area contributed by atoms with Gasteiger partial charge in [-0.25, -0.2) is 0 Å². The van der Waals surface area contributed by atoms with Gasteiger partial charge in [0.05, 0.1) is 0 Å². The molecule has 2 rings (SSSR count). The van der Waals surface area contributed by atoms with Gasteiger partial charge >= 0.3 is 5.97 Å². The van der Waals surface area contributed by atoms with Crippen molar-refractivity contribution < 1.29 is 9.90 Å². The molecule has 0 spiro atoms. The molecule has 1 aliphatic rings. The van der Waals surface area contributed by atoms with Crippen LogP contribution in [0.1, 0.15) is 12.8 Å². The summed E-state index contributed by atoms with van der Waals surface area (Å²) >= 11 is 3.42. The van der Waals surface area contributed by atoms with Crippen LogP contribution in [-0.2, 0) is 4.79 Å². The largest absolute Gasteiger partial charge is 0.480 e. The van der Waals surface area contributed by atoms with Crippen molar-refractivity contribution in [1.29, 1.82) is 0 Å². The van der Waals surface area contributed by atoms with Crippen LogP contribution in [0.4, 0.5) is 5.69 Å². The van der Waals surface area contributed by atoms with E-state index in [1.165, 1.54) is 0 Å². The van der Waals surface area contributed by atoms with E-state index in [0.29, 0.717) is 12.8 Å². The smallest absolute Gasteiger partial charge is 0.324 e. The predicted octanol–water partition coefficient (Wildman–Crippen LogP) is 2.43. The summed E-state index contributed by atoms with van der Waals surface area (Å²) in [5, 5.41) is 9.49. The Bertz CT molecular complexity index is 451. The molecule has 0 radical (unpaired) electrons. The number of piperidine rings is 1. The second-order valence-electron chi connectivity index (χ2n) is 5.19. The molecular weight excluding hydrogens is 308 g/mol. The average molecular weight is 327 g/mol. The molecule has 1 fully saturated rings. The highest BCUT2D eigenvalue weighted by Gasteiger charge is 2.43. The molecule has 0 atom stereocenters. The minimum absolute atomic E-state index is 0.644. The molecule has 1 heterocycles. The molecule has 0 aliphatic carbocycles. The van der Waals surface area contributed by atoms with Gasteiger partial charge in [-0.3, -0.25) is 9.69 Å². The van der Waals surface area contributed by atoms with Gasteiger partial charge in [0.2, 0.25) is 0 Å². The number of carboxylic acid groups (broad SMARTS) is 1. The Morgan fingerprint density at radius 1 is 1.26 bits per heavy atom. The van der Waals surface area contributed by atoms with Gasteiger partial charge in [0.15, 0.2) is 0 Å². The number of halogens is 1. The maximum atomic E-state index is 11.5. The molecule has 0 bridgehead atoms. The second kappa shape index (κ2) is 5.51. The van der Waals surface area contributed by atoms with Crippen LogP contribution >= 0.6 is 15.9 Å². The zero-order valence-electron chi connectivity index (χ0n) is 11.3. The fourth-order valence-electron chi connectivity index (χ4n) is 2.64. The maximum Gasteiger partial charge on any atom is 0.324 e. The first-order valence-electron chi connectivity index (χ1n) is 6.37. The van der Waals surface area contributed by atoms with Gasteiger partial charge in [0, 0.05) is 23.2 Å². The Balaban J connectivity index is 2.10. The fraction of sp³-hybridized carbons (Fsp3) is 0.500. The van der Waals surface area contributed by atoms with Crippen LogP contribution in [0.2, 0.25) is 0 Å². The van der Waals surface area contributed by atoms with Crippen molar-refractivity contribution in [3.05, 3.63) is 28.7 Å². The molecule has 0 amide bonds. The third-order valence-electron chi connectivity index (χ3n) is 4.04. The number of carbonyl (C=O) groups is 1. The maximum absolute atomic E-state index is 11.5. The Kier molecular flexibility index (Phi) is 4.16. The van der Waals surface area contributed by atoms with E-state index in [1.54, 1.807) is 0 Å². The second-order valence-corrected chi connectivity index (χ2v) is 6.11. The van der Waals surface area contributed by atoms with Crippen molar-refractivity contribution >= 4 is 27.6 Å². The molecule has 1 aromatic rings. The minimum atomic E-state index is -0.716. The highest BCUT2D eigenvalue weighted by Crippen LogP contribution is 2.30. The molecule has 1 aromatic carbocycles. The lowest BCUT2D eigenvalue weighted by Crippen LogP contribution is -2.57. The van der Waals surface area contributed by atoms with Crippen LogP contribution < -0.4 is 4.90 Å². The van der Waals surface area contributed by atoms with Crippen LogP contribution in [0.25, 0.3) is 0 Å². The number of anilines is 1. The van der Waals surface area contributed by atoms with E-state index in [2.05, 4.69) is 33.0 Å². The van der Waals surface area contributed by atoms with Gasteiger partial charge in [-0.2, -0.15) is 0 Å². The minimum Gasteiger partial charge on any atom is -0.480 e. The molecule has 5 heteroatoms. The van der Waals surface area contributed by atoms with Gasteiger partial charge in [-0.1, -0.05) is 15.9 Å². The predicted molar refractivity (Wildman–Crippen MR) is 79.6 cm³/mol. The Labute approximate surface area is 122 Å². The third kappa shape index (κ3) is 2.77. The van der Waals surface area contributed by atoms with Gasteiger partial charge in [0.25, 0.3) is 0 Å². The number of nitrogens with zero attached hydrogens (tertiary/aromatic N) is 2. The summed E-state index contributed by atoms with van der Waals surface area (Å²) < 4.78 is 1.06. The summed E-state index contributed by atoms with van der Waals surface area (Å²) in [5.74, 6) is -0.715. The first kappa shape index (κ1) is 14.3. The summed E-state index contributed by atoms with van der Waals surface area (Å²) in [7, 11) is 3.70. The van der Waals surface area contributed by atoms with Crippen LogP contribution in [0.15, 0.2) is 28.7 Å². The highest BCUT2D eigenvalue weighted by atomic mass is 79.9. The van der Waals surface area contributed by atoms with Crippen molar-refractivity contribution in [3.8, 4) is 0 Å². The zero-order valence-corrected chi connectivity index (χ0v) is 12.9. The molecule has 0 saturated carbocycles. The lowest BCUT2D eigenvalue weighted by molar-refractivity contribution is -0.151. The molecule has 19 heavy (non-hydrogen) atoms. The van der Waals surface area contributed by atoms with E-state index < -0.39 is 11.5 Å². The van der Waals surface area contributed by atoms with E-state index in [4.69, 9.17) is 0 Å². The molecule has 4 nitrogen and oxygen atoms in total. The van der Waals surface area contributed by atoms with Gasteiger partial charge < -0.3 is 10.0 Å². The molecule has 0 unspecified atom stereocenters. The van der Waals surface area contributed by atoms with Crippen LogP contribution in [0.3, 0.4) is 0 Å². The summed E-state index contributed by atoms with van der Waals surface area (Å²) in [6.45, 7) is 1.54. The Morgan fingerprint density at radius 2 is 1.79 bits per heavy atom. The van der Waals surface area contributed by atoms with E-state index in [9.17, 15) is 9.90 Å². The normalized spacial score (nSPS) is 18.6. The first-order chi connectivity index (χ1) is 8.95. The number of hydrogen-bond acceptors (Lipinski definition) is 3. The number of aliphatic carboxylic acids is 1. The van der Waals surface area contributed by atoms with Crippen molar-refractivity contribution in [2.75, 3.05) is 32.1 Å². The van der Waals surface area contributed by atoms with Crippen LogP contribution in [0.5, 0.6) is 0 Å². The van der Waals surface area contributed by atoms with Crippen LogP contribution in [-0.4, -0.2) is 48.7 Å². The number of rotatable bonds is 3. The van der Waals surface area contributed by atoms with E-state index in [1.807, 2.05) is 31.1 Å². The van der Waals surface area contributed by atoms with E-state index in [-0.39, 0.29) is 0 Å². The third-order valence-corrected chi connectivity index (χ3v) is 4.57. The molecule has 0 aromatic heterocycles. The topological polar surface area (TPSA) is 43.8 Å². The lowest BCUT2D eigenvalue weighted by atomic mass is 9.86. The lowest BCUT2D eigenvalue weighted by Gasteiger charge is -2.43. The molecule has 1 aliphatic heterocycles. The molecule has 104 valence electrons.